The summed E-state index contributed by atoms with van der Waals surface area (Å²) >= 11 is 0. The normalized spacial score (nSPS) is 10.1. The Bertz CT molecular complexity index is 249. The van der Waals surface area contributed by atoms with Crippen molar-refractivity contribution in [2.45, 2.75) is 6.92 Å². The maximum absolute atomic E-state index is 5.23. The highest BCUT2D eigenvalue weighted by Crippen LogP contribution is 2.02. The molecule has 0 fully saturated rings. The minimum atomic E-state index is 0.458. The van der Waals surface area contributed by atoms with Gasteiger partial charge in [-0.05, 0) is 18.6 Å². The van der Waals surface area contributed by atoms with Crippen molar-refractivity contribution >= 4 is 5.82 Å². The second kappa shape index (κ2) is 6.34. The first kappa shape index (κ1) is 10.9. The van der Waals surface area contributed by atoms with Gasteiger partial charge >= 0.3 is 0 Å². The van der Waals surface area contributed by atoms with E-state index < -0.39 is 0 Å². The smallest absolute Gasteiger partial charge is 0.127 e. The summed E-state index contributed by atoms with van der Waals surface area (Å²) in [5.41, 5.74) is 1.15. The second-order valence-corrected chi connectivity index (χ2v) is 2.94. The molecule has 0 aliphatic heterocycles. The molecule has 1 aromatic rings. The van der Waals surface area contributed by atoms with Crippen LogP contribution in [0, 0.1) is 6.92 Å². The summed E-state index contributed by atoms with van der Waals surface area (Å²) in [5, 5.41) is 3.04. The van der Waals surface area contributed by atoms with Crippen LogP contribution in [0.3, 0.4) is 0 Å². The van der Waals surface area contributed by atoms with Crippen LogP contribution in [0.1, 0.15) is 5.56 Å². The van der Waals surface area contributed by atoms with E-state index in [1.807, 2.05) is 25.3 Å². The van der Waals surface area contributed by atoms with Crippen molar-refractivity contribution in [3.8, 4) is 0 Å². The molecule has 1 N–H and O–H groups in total. The van der Waals surface area contributed by atoms with Gasteiger partial charge in [0.1, 0.15) is 12.5 Å². The van der Waals surface area contributed by atoms with E-state index in [1.165, 1.54) is 0 Å². The summed E-state index contributed by atoms with van der Waals surface area (Å²) in [6, 6.07) is 3.93. The molecule has 4 heteroatoms. The zero-order chi connectivity index (χ0) is 10.2. The molecular weight excluding hydrogens is 180 g/mol. The van der Waals surface area contributed by atoms with Crippen LogP contribution in [-0.4, -0.2) is 32.0 Å². The van der Waals surface area contributed by atoms with Crippen LogP contribution >= 0.6 is 0 Å². The van der Waals surface area contributed by atoms with E-state index in [0.29, 0.717) is 19.9 Å². The maximum atomic E-state index is 5.23. The number of anilines is 1. The molecule has 0 unspecified atom stereocenters. The Hall–Kier alpha value is -1.13. The molecule has 0 aliphatic rings. The number of nitrogens with one attached hydrogen (secondary N) is 1. The van der Waals surface area contributed by atoms with Crippen LogP contribution in [0.25, 0.3) is 0 Å². The van der Waals surface area contributed by atoms with Crippen molar-refractivity contribution in [3.63, 3.8) is 0 Å². The lowest BCUT2D eigenvalue weighted by atomic mass is 10.3. The van der Waals surface area contributed by atoms with Gasteiger partial charge in [-0.25, -0.2) is 4.98 Å². The summed E-state index contributed by atoms with van der Waals surface area (Å²) in [6.45, 7) is 3.67. The van der Waals surface area contributed by atoms with E-state index >= 15 is 0 Å². The summed E-state index contributed by atoms with van der Waals surface area (Å²) in [6.07, 6.45) is 1.82. The molecule has 0 saturated carbocycles. The van der Waals surface area contributed by atoms with E-state index in [2.05, 4.69) is 10.3 Å². The van der Waals surface area contributed by atoms with Gasteiger partial charge in [-0.3, -0.25) is 0 Å². The Morgan fingerprint density at radius 3 is 2.86 bits per heavy atom. The Kier molecular flexibility index (Phi) is 4.96. The topological polar surface area (TPSA) is 43.4 Å². The minimum absolute atomic E-state index is 0.458. The van der Waals surface area contributed by atoms with Crippen molar-refractivity contribution in [3.05, 3.63) is 23.9 Å². The molecule has 0 radical (unpaired) electrons. The highest BCUT2D eigenvalue weighted by Gasteiger charge is 1.91. The number of hydrogen-bond acceptors (Lipinski definition) is 4. The van der Waals surface area contributed by atoms with Gasteiger partial charge in [-0.1, -0.05) is 6.07 Å². The number of hydrogen-bond donors (Lipinski definition) is 1. The van der Waals surface area contributed by atoms with Crippen molar-refractivity contribution in [2.24, 2.45) is 0 Å². The summed E-state index contributed by atoms with van der Waals surface area (Å²) < 4.78 is 10.1. The third-order valence-electron chi connectivity index (χ3n) is 1.70. The summed E-state index contributed by atoms with van der Waals surface area (Å²) in [4.78, 5) is 4.17. The molecule has 1 aromatic heterocycles. The SMILES string of the molecule is COCCOCNc1ccc(C)cn1. The first-order valence-corrected chi connectivity index (χ1v) is 4.56. The molecule has 0 bridgehead atoms. The monoisotopic (exact) mass is 196 g/mol. The Balaban J connectivity index is 2.15. The summed E-state index contributed by atoms with van der Waals surface area (Å²) in [7, 11) is 1.65. The van der Waals surface area contributed by atoms with E-state index in [1.54, 1.807) is 7.11 Å². The molecule has 78 valence electrons. The molecule has 1 rings (SSSR count). The number of aryl methyl sites for hydroxylation is 1. The molecule has 0 spiro atoms. The predicted octanol–water partition coefficient (Wildman–Crippen LogP) is 1.42. The number of methoxy groups -OCH3 is 1. The molecular formula is C10H16N2O2. The number of aromatic nitrogens is 1. The molecule has 4 nitrogen and oxygen atoms in total. The van der Waals surface area contributed by atoms with E-state index in [4.69, 9.17) is 9.47 Å². The number of nitrogens with zero attached hydrogens (tertiary/aromatic N) is 1. The van der Waals surface area contributed by atoms with Crippen LogP contribution in [0.4, 0.5) is 5.82 Å². The van der Waals surface area contributed by atoms with Crippen molar-refractivity contribution < 1.29 is 9.47 Å². The van der Waals surface area contributed by atoms with E-state index in [0.717, 1.165) is 11.4 Å². The Morgan fingerprint density at radius 2 is 2.21 bits per heavy atom. The average molecular weight is 196 g/mol. The largest absolute Gasteiger partial charge is 0.382 e. The van der Waals surface area contributed by atoms with Crippen molar-refractivity contribution in [1.82, 2.24) is 4.98 Å². The van der Waals surface area contributed by atoms with Crippen LogP contribution in [-0.2, 0) is 9.47 Å². The number of pyridine rings is 1. The standard InChI is InChI=1S/C10H16N2O2/c1-9-3-4-10(11-7-9)12-8-14-6-5-13-2/h3-4,7H,5-6,8H2,1-2H3,(H,11,12). The first-order chi connectivity index (χ1) is 6.83. The molecule has 0 aliphatic carbocycles. The van der Waals surface area contributed by atoms with Gasteiger partial charge in [0, 0.05) is 13.3 Å². The van der Waals surface area contributed by atoms with E-state index in [9.17, 15) is 0 Å². The van der Waals surface area contributed by atoms with Gasteiger partial charge < -0.3 is 14.8 Å². The molecule has 0 amide bonds. The Morgan fingerprint density at radius 1 is 1.36 bits per heavy atom. The zero-order valence-corrected chi connectivity index (χ0v) is 8.62. The van der Waals surface area contributed by atoms with Gasteiger partial charge in [0.15, 0.2) is 0 Å². The van der Waals surface area contributed by atoms with Crippen LogP contribution in [0.2, 0.25) is 0 Å². The average Bonchev–Trinajstić information content (AvgIpc) is 2.21. The lowest BCUT2D eigenvalue weighted by Crippen LogP contribution is -2.10. The predicted molar refractivity (Wildman–Crippen MR) is 55.3 cm³/mol. The number of ether oxygens (including phenoxy) is 2. The molecule has 1 heterocycles. The van der Waals surface area contributed by atoms with Gasteiger partial charge in [0.25, 0.3) is 0 Å². The van der Waals surface area contributed by atoms with Gasteiger partial charge in [0.05, 0.1) is 13.2 Å². The zero-order valence-electron chi connectivity index (χ0n) is 8.62. The highest BCUT2D eigenvalue weighted by molar-refractivity contribution is 5.34. The molecule has 0 atom stereocenters. The lowest BCUT2D eigenvalue weighted by Gasteiger charge is -2.06. The van der Waals surface area contributed by atoms with Crippen molar-refractivity contribution in [2.75, 3.05) is 32.4 Å². The van der Waals surface area contributed by atoms with Gasteiger partial charge in [0.2, 0.25) is 0 Å². The summed E-state index contributed by atoms with van der Waals surface area (Å²) in [5.74, 6) is 0.827. The fourth-order valence-electron chi connectivity index (χ4n) is 0.912. The van der Waals surface area contributed by atoms with Gasteiger partial charge in [-0.2, -0.15) is 0 Å². The molecule has 0 saturated heterocycles. The minimum Gasteiger partial charge on any atom is -0.382 e. The quantitative estimate of drug-likeness (QED) is 0.552. The fraction of sp³-hybridized carbons (Fsp3) is 0.500. The van der Waals surface area contributed by atoms with Crippen LogP contribution < -0.4 is 5.32 Å². The third kappa shape index (κ3) is 4.20. The third-order valence-corrected chi connectivity index (χ3v) is 1.70. The second-order valence-electron chi connectivity index (χ2n) is 2.94. The Labute approximate surface area is 84.3 Å². The molecule has 14 heavy (non-hydrogen) atoms. The van der Waals surface area contributed by atoms with Crippen molar-refractivity contribution in [1.29, 1.82) is 0 Å². The van der Waals surface area contributed by atoms with Gasteiger partial charge in [-0.15, -0.1) is 0 Å². The first-order valence-electron chi connectivity index (χ1n) is 4.56. The number of rotatable bonds is 6. The van der Waals surface area contributed by atoms with Crippen LogP contribution in [0.5, 0.6) is 0 Å². The maximum Gasteiger partial charge on any atom is 0.127 e. The van der Waals surface area contributed by atoms with E-state index in [-0.39, 0.29) is 0 Å². The van der Waals surface area contributed by atoms with Crippen LogP contribution in [0.15, 0.2) is 18.3 Å². The fourth-order valence-corrected chi connectivity index (χ4v) is 0.912. The molecule has 0 aromatic carbocycles. The lowest BCUT2D eigenvalue weighted by molar-refractivity contribution is 0.0801. The highest BCUT2D eigenvalue weighted by atomic mass is 16.5.